The molecule has 0 fully saturated rings. The molecule has 0 aliphatic heterocycles. The number of benzene rings is 2. The normalized spacial score (nSPS) is 10.2. The van der Waals surface area contributed by atoms with Crippen molar-refractivity contribution in [2.75, 3.05) is 27.4 Å². The number of rotatable bonds is 8. The molecule has 0 unspecified atom stereocenters. The van der Waals surface area contributed by atoms with E-state index in [0.29, 0.717) is 25.5 Å². The molecule has 0 atom stereocenters. The van der Waals surface area contributed by atoms with E-state index in [2.05, 4.69) is 5.32 Å². The predicted molar refractivity (Wildman–Crippen MR) is 89.6 cm³/mol. The number of phenols is 1. The van der Waals surface area contributed by atoms with Gasteiger partial charge in [-0.3, -0.25) is 4.79 Å². The highest BCUT2D eigenvalue weighted by Gasteiger charge is 2.12. The Balaban J connectivity index is 1.93. The van der Waals surface area contributed by atoms with Crippen LogP contribution in [-0.4, -0.2) is 38.4 Å². The van der Waals surface area contributed by atoms with Gasteiger partial charge >= 0.3 is 0 Å². The first-order valence-electron chi connectivity index (χ1n) is 7.50. The molecular formula is C18H21NO5. The maximum Gasteiger partial charge on any atom is 0.255 e. The van der Waals surface area contributed by atoms with Crippen molar-refractivity contribution in [2.45, 2.75) is 6.54 Å². The fourth-order valence-electron chi connectivity index (χ4n) is 2.06. The van der Waals surface area contributed by atoms with Crippen LogP contribution in [0.2, 0.25) is 0 Å². The number of hydrogen-bond donors (Lipinski definition) is 2. The quantitative estimate of drug-likeness (QED) is 0.726. The largest absolute Gasteiger partial charge is 0.507 e. The van der Waals surface area contributed by atoms with Gasteiger partial charge in [-0.05, 0) is 29.8 Å². The summed E-state index contributed by atoms with van der Waals surface area (Å²) in [5, 5.41) is 12.8. The van der Waals surface area contributed by atoms with Crippen LogP contribution < -0.4 is 14.8 Å². The lowest BCUT2D eigenvalue weighted by Gasteiger charge is -2.10. The van der Waals surface area contributed by atoms with Gasteiger partial charge in [0.2, 0.25) is 0 Å². The van der Waals surface area contributed by atoms with Gasteiger partial charge in [-0.25, -0.2) is 0 Å². The third kappa shape index (κ3) is 4.89. The molecule has 2 aromatic carbocycles. The van der Waals surface area contributed by atoms with Crippen molar-refractivity contribution in [1.82, 2.24) is 5.32 Å². The van der Waals surface area contributed by atoms with E-state index in [1.807, 2.05) is 24.3 Å². The highest BCUT2D eigenvalue weighted by atomic mass is 16.5. The zero-order valence-electron chi connectivity index (χ0n) is 13.7. The highest BCUT2D eigenvalue weighted by Crippen LogP contribution is 2.23. The Labute approximate surface area is 141 Å². The predicted octanol–water partition coefficient (Wildman–Crippen LogP) is 2.36. The summed E-state index contributed by atoms with van der Waals surface area (Å²) in [7, 11) is 3.18. The number of hydrogen-bond acceptors (Lipinski definition) is 5. The topological polar surface area (TPSA) is 77.0 Å². The molecule has 2 rings (SSSR count). The lowest BCUT2D eigenvalue weighted by molar-refractivity contribution is 0.0948. The van der Waals surface area contributed by atoms with Crippen molar-refractivity contribution in [3.8, 4) is 17.2 Å². The molecule has 6 nitrogen and oxygen atoms in total. The number of phenolic OH excluding ortho intramolecular Hbond substituents is 1. The average Bonchev–Trinajstić information content (AvgIpc) is 2.60. The zero-order chi connectivity index (χ0) is 17.4. The molecule has 6 heteroatoms. The van der Waals surface area contributed by atoms with Crippen molar-refractivity contribution in [2.24, 2.45) is 0 Å². The molecule has 128 valence electrons. The number of aromatic hydroxyl groups is 1. The maximum absolute atomic E-state index is 12.2. The van der Waals surface area contributed by atoms with Gasteiger partial charge in [0, 0.05) is 19.7 Å². The number of ether oxygens (including phenoxy) is 3. The van der Waals surface area contributed by atoms with Crippen molar-refractivity contribution in [3.05, 3.63) is 53.6 Å². The first-order chi connectivity index (χ1) is 11.6. The minimum absolute atomic E-state index is 0.128. The van der Waals surface area contributed by atoms with Crippen molar-refractivity contribution < 1.29 is 24.1 Å². The first kappa shape index (κ1) is 17.6. The van der Waals surface area contributed by atoms with Crippen LogP contribution in [0.25, 0.3) is 0 Å². The summed E-state index contributed by atoms with van der Waals surface area (Å²) in [6, 6.07) is 12.0. The number of nitrogens with one attached hydrogen (secondary N) is 1. The van der Waals surface area contributed by atoms with Gasteiger partial charge in [0.1, 0.15) is 23.9 Å². The molecule has 0 aromatic heterocycles. The lowest BCUT2D eigenvalue weighted by Crippen LogP contribution is -2.22. The minimum Gasteiger partial charge on any atom is -0.507 e. The fraction of sp³-hybridized carbons (Fsp3) is 0.278. The molecule has 0 saturated heterocycles. The molecule has 0 aliphatic carbocycles. The summed E-state index contributed by atoms with van der Waals surface area (Å²) in [4.78, 5) is 12.2. The van der Waals surface area contributed by atoms with Crippen LogP contribution in [-0.2, 0) is 11.3 Å². The summed E-state index contributed by atoms with van der Waals surface area (Å²) < 4.78 is 15.4. The third-order valence-electron chi connectivity index (χ3n) is 3.38. The number of methoxy groups -OCH3 is 2. The van der Waals surface area contributed by atoms with Crippen molar-refractivity contribution >= 4 is 5.91 Å². The van der Waals surface area contributed by atoms with E-state index < -0.39 is 0 Å². The van der Waals surface area contributed by atoms with E-state index in [1.165, 1.54) is 12.1 Å². The van der Waals surface area contributed by atoms with E-state index in [-0.39, 0.29) is 17.2 Å². The molecule has 0 spiro atoms. The van der Waals surface area contributed by atoms with Gasteiger partial charge in [0.25, 0.3) is 5.91 Å². The standard InChI is InChI=1S/C18H21NO5/c1-22-9-10-24-15-7-8-16(17(20)11-15)18(21)19-12-13-3-5-14(23-2)6-4-13/h3-8,11,20H,9-10,12H2,1-2H3,(H,19,21). The number of carbonyl (C=O) groups is 1. The van der Waals surface area contributed by atoms with Crippen LogP contribution in [0.4, 0.5) is 0 Å². The van der Waals surface area contributed by atoms with E-state index in [0.717, 1.165) is 11.3 Å². The van der Waals surface area contributed by atoms with Gasteiger partial charge in [-0.2, -0.15) is 0 Å². The summed E-state index contributed by atoms with van der Waals surface area (Å²) in [5.74, 6) is 0.756. The summed E-state index contributed by atoms with van der Waals surface area (Å²) in [6.07, 6.45) is 0. The van der Waals surface area contributed by atoms with Gasteiger partial charge in [-0.15, -0.1) is 0 Å². The van der Waals surface area contributed by atoms with Crippen LogP contribution >= 0.6 is 0 Å². The Morgan fingerprint density at radius 3 is 2.38 bits per heavy atom. The Bertz CT molecular complexity index is 670. The highest BCUT2D eigenvalue weighted by molar-refractivity contribution is 5.96. The van der Waals surface area contributed by atoms with E-state index >= 15 is 0 Å². The summed E-state index contributed by atoms with van der Waals surface area (Å²) in [6.45, 7) is 1.18. The Hall–Kier alpha value is -2.73. The van der Waals surface area contributed by atoms with E-state index in [4.69, 9.17) is 14.2 Å². The van der Waals surface area contributed by atoms with Crippen LogP contribution in [0.5, 0.6) is 17.2 Å². The van der Waals surface area contributed by atoms with Crippen LogP contribution in [0.3, 0.4) is 0 Å². The van der Waals surface area contributed by atoms with Gasteiger partial charge in [0.15, 0.2) is 0 Å². The number of carbonyl (C=O) groups excluding carboxylic acids is 1. The van der Waals surface area contributed by atoms with Gasteiger partial charge in [0.05, 0.1) is 19.3 Å². The fourth-order valence-corrected chi connectivity index (χ4v) is 2.06. The molecule has 2 aromatic rings. The molecule has 0 bridgehead atoms. The first-order valence-corrected chi connectivity index (χ1v) is 7.50. The second kappa shape index (κ2) is 8.79. The second-order valence-electron chi connectivity index (χ2n) is 5.05. The molecule has 0 heterocycles. The smallest absolute Gasteiger partial charge is 0.255 e. The molecule has 1 amide bonds. The van der Waals surface area contributed by atoms with Crippen molar-refractivity contribution in [1.29, 1.82) is 0 Å². The molecule has 24 heavy (non-hydrogen) atoms. The molecule has 0 radical (unpaired) electrons. The van der Waals surface area contributed by atoms with E-state index in [1.54, 1.807) is 20.3 Å². The summed E-state index contributed by atoms with van der Waals surface area (Å²) >= 11 is 0. The van der Waals surface area contributed by atoms with Crippen LogP contribution in [0, 0.1) is 0 Å². The Morgan fingerprint density at radius 1 is 1.04 bits per heavy atom. The SMILES string of the molecule is COCCOc1ccc(C(=O)NCc2ccc(OC)cc2)c(O)c1. The van der Waals surface area contributed by atoms with Crippen LogP contribution in [0.15, 0.2) is 42.5 Å². The lowest BCUT2D eigenvalue weighted by atomic mass is 10.1. The number of amides is 1. The van der Waals surface area contributed by atoms with E-state index in [9.17, 15) is 9.90 Å². The minimum atomic E-state index is -0.355. The molecule has 0 aliphatic rings. The monoisotopic (exact) mass is 331 g/mol. The third-order valence-corrected chi connectivity index (χ3v) is 3.38. The van der Waals surface area contributed by atoms with Gasteiger partial charge in [-0.1, -0.05) is 12.1 Å². The van der Waals surface area contributed by atoms with Crippen LogP contribution in [0.1, 0.15) is 15.9 Å². The van der Waals surface area contributed by atoms with Crippen molar-refractivity contribution in [3.63, 3.8) is 0 Å². The molecule has 2 N–H and O–H groups in total. The maximum atomic E-state index is 12.2. The Kier molecular flexibility index (Phi) is 6.45. The average molecular weight is 331 g/mol. The van der Waals surface area contributed by atoms with Gasteiger partial charge < -0.3 is 24.6 Å². The molecular weight excluding hydrogens is 310 g/mol. The molecule has 0 saturated carbocycles. The second-order valence-corrected chi connectivity index (χ2v) is 5.05. The zero-order valence-corrected chi connectivity index (χ0v) is 13.7. The summed E-state index contributed by atoms with van der Waals surface area (Å²) in [5.41, 5.74) is 1.13. The Morgan fingerprint density at radius 2 is 1.75 bits per heavy atom.